The second kappa shape index (κ2) is 10.7. The Balaban J connectivity index is 1.32. The topological polar surface area (TPSA) is 85.2 Å². The van der Waals surface area contributed by atoms with E-state index in [0.717, 1.165) is 31.6 Å². The molecule has 0 aromatic heterocycles. The molecule has 2 N–H and O–H groups in total. The molecule has 0 spiro atoms. The molecule has 2 amide bonds. The van der Waals surface area contributed by atoms with Crippen LogP contribution in [-0.4, -0.2) is 37.5 Å². The standard InChI is InChI=1S/C23H25ClN4O2/c24-19-7-5-18(6-8-19)23(30)26-13-1-2-22(29)27-20-11-14-28(15-12-20)21-9-3-17(16-25)4-10-21/h3-10,20H,1-2,11-15H2,(H,26,30)(H,27,29). The molecule has 7 heteroatoms. The van der Waals surface area contributed by atoms with Gasteiger partial charge in [-0.3, -0.25) is 9.59 Å². The number of carbonyl (C=O) groups is 2. The van der Waals surface area contributed by atoms with Crippen LogP contribution in [0.25, 0.3) is 0 Å². The highest BCUT2D eigenvalue weighted by Crippen LogP contribution is 2.20. The number of nitrogens with one attached hydrogen (secondary N) is 2. The van der Waals surface area contributed by atoms with E-state index in [1.165, 1.54) is 0 Å². The molecule has 0 bridgehead atoms. The van der Waals surface area contributed by atoms with Crippen molar-refractivity contribution in [3.8, 4) is 6.07 Å². The molecule has 0 atom stereocenters. The molecule has 2 aromatic carbocycles. The van der Waals surface area contributed by atoms with Crippen molar-refractivity contribution in [1.82, 2.24) is 10.6 Å². The summed E-state index contributed by atoms with van der Waals surface area (Å²) in [7, 11) is 0. The van der Waals surface area contributed by atoms with Crippen molar-refractivity contribution in [2.75, 3.05) is 24.5 Å². The first-order valence-electron chi connectivity index (χ1n) is 10.1. The first-order chi connectivity index (χ1) is 14.5. The number of nitriles is 1. The van der Waals surface area contributed by atoms with E-state index in [1.807, 2.05) is 24.3 Å². The molecule has 0 aliphatic carbocycles. The summed E-state index contributed by atoms with van der Waals surface area (Å²) in [6.07, 6.45) is 2.75. The van der Waals surface area contributed by atoms with Crippen molar-refractivity contribution in [2.24, 2.45) is 0 Å². The number of hydrogen-bond acceptors (Lipinski definition) is 4. The third-order valence-corrected chi connectivity index (χ3v) is 5.45. The monoisotopic (exact) mass is 424 g/mol. The third-order valence-electron chi connectivity index (χ3n) is 5.19. The van der Waals surface area contributed by atoms with Gasteiger partial charge in [0, 0.05) is 48.4 Å². The van der Waals surface area contributed by atoms with Gasteiger partial charge in [-0.05, 0) is 67.8 Å². The quantitative estimate of drug-likeness (QED) is 0.666. The fourth-order valence-electron chi connectivity index (χ4n) is 3.48. The van der Waals surface area contributed by atoms with Gasteiger partial charge in [0.15, 0.2) is 0 Å². The Morgan fingerprint density at radius 2 is 1.73 bits per heavy atom. The fraction of sp³-hybridized carbons (Fsp3) is 0.348. The van der Waals surface area contributed by atoms with Crippen LogP contribution in [0.2, 0.25) is 5.02 Å². The summed E-state index contributed by atoms with van der Waals surface area (Å²) in [5, 5.41) is 15.4. The fourth-order valence-corrected chi connectivity index (χ4v) is 3.61. The summed E-state index contributed by atoms with van der Waals surface area (Å²) in [5.41, 5.74) is 2.32. The van der Waals surface area contributed by atoms with Gasteiger partial charge in [0.2, 0.25) is 5.91 Å². The lowest BCUT2D eigenvalue weighted by Gasteiger charge is -2.34. The Morgan fingerprint density at radius 1 is 1.07 bits per heavy atom. The number of benzene rings is 2. The smallest absolute Gasteiger partial charge is 0.251 e. The van der Waals surface area contributed by atoms with Crippen LogP contribution in [0.4, 0.5) is 5.69 Å². The zero-order chi connectivity index (χ0) is 21.3. The first-order valence-corrected chi connectivity index (χ1v) is 10.5. The molecule has 0 unspecified atom stereocenters. The maximum Gasteiger partial charge on any atom is 0.251 e. The van der Waals surface area contributed by atoms with Crippen molar-refractivity contribution < 1.29 is 9.59 Å². The van der Waals surface area contributed by atoms with Gasteiger partial charge in [0.05, 0.1) is 11.6 Å². The third kappa shape index (κ3) is 6.23. The molecule has 6 nitrogen and oxygen atoms in total. The predicted octanol–water partition coefficient (Wildman–Crippen LogP) is 3.51. The molecule has 30 heavy (non-hydrogen) atoms. The lowest BCUT2D eigenvalue weighted by molar-refractivity contribution is -0.122. The minimum atomic E-state index is -0.165. The van der Waals surface area contributed by atoms with Crippen molar-refractivity contribution in [3.63, 3.8) is 0 Å². The second-order valence-corrected chi connectivity index (χ2v) is 7.79. The summed E-state index contributed by atoms with van der Waals surface area (Å²) < 4.78 is 0. The molecule has 1 aliphatic rings. The van der Waals surface area contributed by atoms with Crippen LogP contribution in [0.3, 0.4) is 0 Å². The van der Waals surface area contributed by atoms with Gasteiger partial charge < -0.3 is 15.5 Å². The molecule has 3 rings (SSSR count). The molecule has 1 fully saturated rings. The number of hydrogen-bond donors (Lipinski definition) is 2. The van der Waals surface area contributed by atoms with E-state index in [9.17, 15) is 9.59 Å². The Bertz CT molecular complexity index is 898. The number of piperidine rings is 1. The molecule has 0 radical (unpaired) electrons. The van der Waals surface area contributed by atoms with Crippen LogP contribution < -0.4 is 15.5 Å². The summed E-state index contributed by atoms with van der Waals surface area (Å²) in [6, 6.07) is 16.6. The minimum absolute atomic E-state index is 0.0209. The zero-order valence-electron chi connectivity index (χ0n) is 16.7. The molecule has 2 aromatic rings. The van der Waals surface area contributed by atoms with E-state index in [2.05, 4.69) is 21.6 Å². The first kappa shape index (κ1) is 21.7. The zero-order valence-corrected chi connectivity index (χ0v) is 17.5. The Kier molecular flexibility index (Phi) is 7.69. The average Bonchev–Trinajstić information content (AvgIpc) is 2.77. The van der Waals surface area contributed by atoms with E-state index in [-0.39, 0.29) is 17.9 Å². The van der Waals surface area contributed by atoms with Gasteiger partial charge in [0.1, 0.15) is 0 Å². The summed E-state index contributed by atoms with van der Waals surface area (Å²) in [6.45, 7) is 2.19. The predicted molar refractivity (Wildman–Crippen MR) is 118 cm³/mol. The molecule has 156 valence electrons. The number of carbonyl (C=O) groups excluding carboxylic acids is 2. The van der Waals surface area contributed by atoms with Gasteiger partial charge in [-0.2, -0.15) is 5.26 Å². The number of anilines is 1. The van der Waals surface area contributed by atoms with Crippen LogP contribution in [0.5, 0.6) is 0 Å². The summed E-state index contributed by atoms with van der Waals surface area (Å²) >= 11 is 5.82. The average molecular weight is 425 g/mol. The second-order valence-electron chi connectivity index (χ2n) is 7.35. The van der Waals surface area contributed by atoms with Gasteiger partial charge in [-0.25, -0.2) is 0 Å². The van der Waals surface area contributed by atoms with Crippen LogP contribution >= 0.6 is 11.6 Å². The highest BCUT2D eigenvalue weighted by atomic mass is 35.5. The molecular weight excluding hydrogens is 400 g/mol. The Labute approximate surface area is 181 Å². The molecule has 1 aliphatic heterocycles. The normalized spacial score (nSPS) is 14.1. The molecule has 0 saturated carbocycles. The largest absolute Gasteiger partial charge is 0.371 e. The maximum absolute atomic E-state index is 12.2. The molecule has 1 saturated heterocycles. The van der Waals surface area contributed by atoms with Crippen LogP contribution in [0.1, 0.15) is 41.6 Å². The van der Waals surface area contributed by atoms with E-state index in [0.29, 0.717) is 35.5 Å². The molecular formula is C23H25ClN4O2. The van der Waals surface area contributed by atoms with Gasteiger partial charge >= 0.3 is 0 Å². The number of nitrogens with zero attached hydrogens (tertiary/aromatic N) is 2. The van der Waals surface area contributed by atoms with Gasteiger partial charge in [-0.1, -0.05) is 11.6 Å². The Hall–Kier alpha value is -3.04. The maximum atomic E-state index is 12.2. The van der Waals surface area contributed by atoms with Crippen LogP contribution in [-0.2, 0) is 4.79 Å². The van der Waals surface area contributed by atoms with Crippen LogP contribution in [0.15, 0.2) is 48.5 Å². The van der Waals surface area contributed by atoms with Gasteiger partial charge in [-0.15, -0.1) is 0 Å². The van der Waals surface area contributed by atoms with Crippen molar-refractivity contribution in [2.45, 2.75) is 31.7 Å². The van der Waals surface area contributed by atoms with Gasteiger partial charge in [0.25, 0.3) is 5.91 Å². The van der Waals surface area contributed by atoms with E-state index in [4.69, 9.17) is 16.9 Å². The number of amides is 2. The Morgan fingerprint density at radius 3 is 2.37 bits per heavy atom. The minimum Gasteiger partial charge on any atom is -0.371 e. The van der Waals surface area contributed by atoms with Crippen molar-refractivity contribution in [1.29, 1.82) is 5.26 Å². The van der Waals surface area contributed by atoms with Crippen molar-refractivity contribution in [3.05, 3.63) is 64.7 Å². The van der Waals surface area contributed by atoms with Crippen LogP contribution in [0, 0.1) is 11.3 Å². The van der Waals surface area contributed by atoms with E-state index >= 15 is 0 Å². The highest BCUT2D eigenvalue weighted by molar-refractivity contribution is 6.30. The van der Waals surface area contributed by atoms with E-state index < -0.39 is 0 Å². The SMILES string of the molecule is N#Cc1ccc(N2CCC(NC(=O)CCCNC(=O)c3ccc(Cl)cc3)CC2)cc1. The molecule has 1 heterocycles. The summed E-state index contributed by atoms with van der Waals surface area (Å²) in [5.74, 6) is -0.144. The highest BCUT2D eigenvalue weighted by Gasteiger charge is 2.20. The lowest BCUT2D eigenvalue weighted by Crippen LogP contribution is -2.44. The number of halogens is 1. The van der Waals surface area contributed by atoms with E-state index in [1.54, 1.807) is 24.3 Å². The van der Waals surface area contributed by atoms with Crippen molar-refractivity contribution >= 4 is 29.1 Å². The lowest BCUT2D eigenvalue weighted by atomic mass is 10.0. The number of rotatable bonds is 7. The summed E-state index contributed by atoms with van der Waals surface area (Å²) in [4.78, 5) is 26.5.